The molecular weight excluding hydrogens is 230 g/mol. The zero-order valence-corrected chi connectivity index (χ0v) is 10.8. The number of rotatable bonds is 3. The number of aromatic carboxylic acids is 1. The fraction of sp³-hybridized carbons (Fsp3) is 0.571. The minimum Gasteiger partial charge on any atom is -0.477 e. The minimum atomic E-state index is -0.957. The van der Waals surface area contributed by atoms with E-state index in [0.717, 1.165) is 31.6 Å². The molecule has 1 N–H and O–H groups in total. The summed E-state index contributed by atoms with van der Waals surface area (Å²) in [6, 6.07) is 1.71. The fourth-order valence-corrected chi connectivity index (χ4v) is 2.67. The van der Waals surface area contributed by atoms with Gasteiger partial charge in [0.05, 0.1) is 0 Å². The van der Waals surface area contributed by atoms with Gasteiger partial charge in [0.15, 0.2) is 5.78 Å². The molecule has 1 heterocycles. The Bertz CT molecular complexity index is 467. The number of carboxylic acids is 1. The first-order valence-corrected chi connectivity index (χ1v) is 6.45. The molecule has 0 radical (unpaired) electrons. The molecule has 4 heteroatoms. The smallest absolute Gasteiger partial charge is 0.352 e. The van der Waals surface area contributed by atoms with Gasteiger partial charge in [0.25, 0.3) is 0 Å². The lowest BCUT2D eigenvalue weighted by atomic mass is 9.87. The van der Waals surface area contributed by atoms with E-state index in [-0.39, 0.29) is 17.5 Å². The standard InChI is InChI=1S/C14H19NO3/c1-9-3-5-12(6-4-9)15-8-11(10(2)16)7-13(15)14(17)18/h7-9,12H,3-6H2,1-2H3,(H,17,18). The van der Waals surface area contributed by atoms with E-state index >= 15 is 0 Å². The molecule has 0 unspecified atom stereocenters. The van der Waals surface area contributed by atoms with Gasteiger partial charge in [-0.3, -0.25) is 4.79 Å². The molecule has 1 aromatic heterocycles. The number of carbonyl (C=O) groups is 2. The molecule has 1 aliphatic rings. The van der Waals surface area contributed by atoms with Gasteiger partial charge in [0.2, 0.25) is 0 Å². The molecule has 1 aliphatic carbocycles. The Morgan fingerprint density at radius 2 is 1.89 bits per heavy atom. The summed E-state index contributed by atoms with van der Waals surface area (Å²) in [7, 11) is 0. The van der Waals surface area contributed by atoms with Crippen LogP contribution in [0, 0.1) is 5.92 Å². The lowest BCUT2D eigenvalue weighted by molar-refractivity contribution is 0.0680. The van der Waals surface area contributed by atoms with Gasteiger partial charge in [0.1, 0.15) is 5.69 Å². The van der Waals surface area contributed by atoms with Crippen LogP contribution in [0.3, 0.4) is 0 Å². The zero-order valence-electron chi connectivity index (χ0n) is 10.8. The number of Topliss-reactive ketones (excluding diaryl/α,β-unsaturated/α-hetero) is 1. The van der Waals surface area contributed by atoms with Gasteiger partial charge in [-0.2, -0.15) is 0 Å². The number of ketones is 1. The SMILES string of the molecule is CC(=O)c1cc(C(=O)O)n(C2CCC(C)CC2)c1. The molecular formula is C14H19NO3. The summed E-state index contributed by atoms with van der Waals surface area (Å²) in [5, 5.41) is 9.21. The van der Waals surface area contributed by atoms with Crippen LogP contribution in [0.25, 0.3) is 0 Å². The third-order valence-corrected chi connectivity index (χ3v) is 3.85. The predicted octanol–water partition coefficient (Wildman–Crippen LogP) is 3.14. The van der Waals surface area contributed by atoms with Gasteiger partial charge in [0, 0.05) is 17.8 Å². The summed E-state index contributed by atoms with van der Waals surface area (Å²) < 4.78 is 1.78. The Hall–Kier alpha value is -1.58. The van der Waals surface area contributed by atoms with E-state index in [0.29, 0.717) is 5.56 Å². The molecule has 98 valence electrons. The lowest BCUT2D eigenvalue weighted by Crippen LogP contribution is -2.19. The molecule has 1 saturated carbocycles. The van der Waals surface area contributed by atoms with Gasteiger partial charge in [-0.1, -0.05) is 6.92 Å². The number of carbonyl (C=O) groups excluding carboxylic acids is 1. The summed E-state index contributed by atoms with van der Waals surface area (Å²) in [6.45, 7) is 3.69. The highest BCUT2D eigenvalue weighted by Crippen LogP contribution is 2.33. The minimum absolute atomic E-state index is 0.0829. The van der Waals surface area contributed by atoms with Crippen LogP contribution >= 0.6 is 0 Å². The van der Waals surface area contributed by atoms with Gasteiger partial charge in [-0.25, -0.2) is 4.79 Å². The molecule has 1 aromatic rings. The molecule has 0 saturated heterocycles. The molecule has 0 bridgehead atoms. The average Bonchev–Trinajstić information content (AvgIpc) is 2.75. The molecule has 2 rings (SSSR count). The first-order valence-electron chi connectivity index (χ1n) is 6.45. The second-order valence-corrected chi connectivity index (χ2v) is 5.30. The average molecular weight is 249 g/mol. The second kappa shape index (κ2) is 4.96. The van der Waals surface area contributed by atoms with E-state index in [1.807, 2.05) is 0 Å². The van der Waals surface area contributed by atoms with Crippen LogP contribution in [0.15, 0.2) is 12.3 Å². The van der Waals surface area contributed by atoms with E-state index in [1.165, 1.54) is 13.0 Å². The lowest BCUT2D eigenvalue weighted by Gasteiger charge is -2.28. The molecule has 18 heavy (non-hydrogen) atoms. The van der Waals surface area contributed by atoms with Crippen LogP contribution in [0.2, 0.25) is 0 Å². The Morgan fingerprint density at radius 3 is 2.39 bits per heavy atom. The van der Waals surface area contributed by atoms with Crippen molar-refractivity contribution in [1.29, 1.82) is 0 Å². The van der Waals surface area contributed by atoms with E-state index < -0.39 is 5.97 Å². The number of hydrogen-bond donors (Lipinski definition) is 1. The zero-order chi connectivity index (χ0) is 13.3. The van der Waals surface area contributed by atoms with E-state index in [2.05, 4.69) is 6.92 Å². The third kappa shape index (κ3) is 2.47. The predicted molar refractivity (Wildman–Crippen MR) is 68.1 cm³/mol. The van der Waals surface area contributed by atoms with Crippen LogP contribution < -0.4 is 0 Å². The number of aromatic nitrogens is 1. The van der Waals surface area contributed by atoms with Crippen molar-refractivity contribution in [2.45, 2.75) is 45.6 Å². The monoisotopic (exact) mass is 249 g/mol. The molecule has 0 spiro atoms. The summed E-state index contributed by atoms with van der Waals surface area (Å²) in [5.74, 6) is -0.320. The first kappa shape index (κ1) is 12.9. The highest BCUT2D eigenvalue weighted by Gasteiger charge is 2.24. The Labute approximate surface area is 107 Å². The van der Waals surface area contributed by atoms with Crippen molar-refractivity contribution >= 4 is 11.8 Å². The van der Waals surface area contributed by atoms with Gasteiger partial charge < -0.3 is 9.67 Å². The van der Waals surface area contributed by atoms with E-state index in [4.69, 9.17) is 0 Å². The Morgan fingerprint density at radius 1 is 1.28 bits per heavy atom. The number of nitrogens with zero attached hydrogens (tertiary/aromatic N) is 1. The van der Waals surface area contributed by atoms with Crippen LogP contribution in [-0.2, 0) is 0 Å². The summed E-state index contributed by atoms with van der Waals surface area (Å²) in [4.78, 5) is 22.6. The molecule has 0 aliphatic heterocycles. The van der Waals surface area contributed by atoms with Gasteiger partial charge >= 0.3 is 5.97 Å². The van der Waals surface area contributed by atoms with Crippen molar-refractivity contribution < 1.29 is 14.7 Å². The van der Waals surface area contributed by atoms with Gasteiger partial charge in [-0.05, 0) is 44.6 Å². The van der Waals surface area contributed by atoms with Gasteiger partial charge in [-0.15, -0.1) is 0 Å². The second-order valence-electron chi connectivity index (χ2n) is 5.30. The summed E-state index contributed by atoms with van der Waals surface area (Å²) >= 11 is 0. The van der Waals surface area contributed by atoms with Crippen LogP contribution in [0.5, 0.6) is 0 Å². The molecule has 0 atom stereocenters. The Kier molecular flexibility index (Phi) is 3.55. The molecule has 0 aromatic carbocycles. The van der Waals surface area contributed by atoms with Crippen molar-refractivity contribution in [1.82, 2.24) is 4.57 Å². The summed E-state index contributed by atoms with van der Waals surface area (Å²) in [6.07, 6.45) is 5.93. The highest BCUT2D eigenvalue weighted by atomic mass is 16.4. The van der Waals surface area contributed by atoms with Crippen molar-refractivity contribution in [3.63, 3.8) is 0 Å². The number of hydrogen-bond acceptors (Lipinski definition) is 2. The molecule has 1 fully saturated rings. The van der Waals surface area contributed by atoms with Crippen molar-refractivity contribution in [2.75, 3.05) is 0 Å². The maximum atomic E-state index is 11.4. The van der Waals surface area contributed by atoms with Crippen LogP contribution in [-0.4, -0.2) is 21.4 Å². The highest BCUT2D eigenvalue weighted by molar-refractivity contribution is 5.97. The largest absolute Gasteiger partial charge is 0.477 e. The first-order chi connectivity index (χ1) is 8.49. The maximum Gasteiger partial charge on any atom is 0.352 e. The molecule has 0 amide bonds. The van der Waals surface area contributed by atoms with E-state index in [9.17, 15) is 14.7 Å². The maximum absolute atomic E-state index is 11.4. The molecule has 4 nitrogen and oxygen atoms in total. The normalized spacial score (nSPS) is 23.9. The fourth-order valence-electron chi connectivity index (χ4n) is 2.67. The van der Waals surface area contributed by atoms with Crippen molar-refractivity contribution in [3.05, 3.63) is 23.5 Å². The van der Waals surface area contributed by atoms with Crippen LogP contribution in [0.1, 0.15) is 66.4 Å². The quantitative estimate of drug-likeness (QED) is 0.837. The van der Waals surface area contributed by atoms with Crippen LogP contribution in [0.4, 0.5) is 0 Å². The Balaban J connectivity index is 2.30. The number of carboxylic acid groups (broad SMARTS) is 1. The van der Waals surface area contributed by atoms with E-state index in [1.54, 1.807) is 10.8 Å². The van der Waals surface area contributed by atoms with Crippen molar-refractivity contribution in [2.24, 2.45) is 5.92 Å². The van der Waals surface area contributed by atoms with Crippen molar-refractivity contribution in [3.8, 4) is 0 Å². The summed E-state index contributed by atoms with van der Waals surface area (Å²) in [5.41, 5.74) is 0.728. The third-order valence-electron chi connectivity index (χ3n) is 3.85. The topological polar surface area (TPSA) is 59.3 Å².